The van der Waals surface area contributed by atoms with Gasteiger partial charge in [-0.1, -0.05) is 24.3 Å². The lowest BCUT2D eigenvalue weighted by Gasteiger charge is -2.22. The van der Waals surface area contributed by atoms with Crippen molar-refractivity contribution >= 4 is 17.0 Å². The molecule has 32 heavy (non-hydrogen) atoms. The normalized spacial score (nSPS) is 16.1. The van der Waals surface area contributed by atoms with Gasteiger partial charge in [-0.3, -0.25) is 4.79 Å². The van der Waals surface area contributed by atoms with Crippen molar-refractivity contribution in [3.63, 3.8) is 0 Å². The summed E-state index contributed by atoms with van der Waals surface area (Å²) in [6.07, 6.45) is 1.74. The Kier molecular flexibility index (Phi) is 5.17. The van der Waals surface area contributed by atoms with Crippen molar-refractivity contribution in [2.75, 3.05) is 6.54 Å². The monoisotopic (exact) mass is 436 g/mol. The summed E-state index contributed by atoms with van der Waals surface area (Å²) in [4.78, 5) is 19.2. The van der Waals surface area contributed by atoms with Gasteiger partial charge in [0, 0.05) is 6.54 Å². The molecule has 0 saturated carbocycles. The van der Waals surface area contributed by atoms with Crippen LogP contribution in [-0.4, -0.2) is 22.3 Å². The molecule has 1 saturated heterocycles. The van der Waals surface area contributed by atoms with Gasteiger partial charge < -0.3 is 9.32 Å². The van der Waals surface area contributed by atoms with E-state index in [2.05, 4.69) is 4.98 Å². The van der Waals surface area contributed by atoms with Crippen LogP contribution >= 0.6 is 0 Å². The predicted molar refractivity (Wildman–Crippen MR) is 113 cm³/mol. The number of carbonyl (C=O) groups is 1. The maximum Gasteiger partial charge on any atom is 0.227 e. The topological polar surface area (TPSA) is 46.3 Å². The molecule has 162 valence electrons. The van der Waals surface area contributed by atoms with Crippen LogP contribution in [0.2, 0.25) is 0 Å². The van der Waals surface area contributed by atoms with Crippen LogP contribution in [0, 0.1) is 17.5 Å². The molecule has 1 aromatic heterocycles. The fourth-order valence-corrected chi connectivity index (χ4v) is 4.14. The van der Waals surface area contributed by atoms with Crippen molar-refractivity contribution in [3.05, 3.63) is 89.6 Å². The lowest BCUT2D eigenvalue weighted by Crippen LogP contribution is -2.32. The predicted octanol–water partition coefficient (Wildman–Crippen LogP) is 5.82. The van der Waals surface area contributed by atoms with Gasteiger partial charge in [-0.15, -0.1) is 0 Å². The summed E-state index contributed by atoms with van der Waals surface area (Å²) < 4.78 is 45.9. The average molecular weight is 436 g/mol. The highest BCUT2D eigenvalue weighted by Crippen LogP contribution is 2.35. The lowest BCUT2D eigenvalue weighted by atomic mass is 10.1. The summed E-state index contributed by atoms with van der Waals surface area (Å²) in [6, 6.07) is 14.6. The van der Waals surface area contributed by atoms with E-state index in [9.17, 15) is 18.0 Å². The zero-order chi connectivity index (χ0) is 22.2. The molecule has 2 heterocycles. The third kappa shape index (κ3) is 3.86. The van der Waals surface area contributed by atoms with E-state index in [-0.39, 0.29) is 24.2 Å². The molecule has 5 rings (SSSR count). The Labute approximate surface area is 182 Å². The van der Waals surface area contributed by atoms with Crippen molar-refractivity contribution in [1.29, 1.82) is 0 Å². The van der Waals surface area contributed by atoms with Crippen LogP contribution in [0.25, 0.3) is 22.2 Å². The van der Waals surface area contributed by atoms with Crippen LogP contribution in [0.3, 0.4) is 0 Å². The minimum absolute atomic E-state index is 0.0659. The van der Waals surface area contributed by atoms with Crippen LogP contribution < -0.4 is 0 Å². The van der Waals surface area contributed by atoms with Crippen molar-refractivity contribution in [2.45, 2.75) is 25.3 Å². The molecule has 4 nitrogen and oxygen atoms in total. The summed E-state index contributed by atoms with van der Waals surface area (Å²) in [5, 5.41) is 0. The summed E-state index contributed by atoms with van der Waals surface area (Å²) in [7, 11) is 0. The first-order valence-electron chi connectivity index (χ1n) is 10.4. The summed E-state index contributed by atoms with van der Waals surface area (Å²) in [5.74, 6) is -1.76. The number of benzene rings is 3. The Morgan fingerprint density at radius 1 is 0.969 bits per heavy atom. The summed E-state index contributed by atoms with van der Waals surface area (Å²) in [6.45, 7) is 0.601. The van der Waals surface area contributed by atoms with Gasteiger partial charge in [-0.25, -0.2) is 18.2 Å². The Morgan fingerprint density at radius 2 is 1.72 bits per heavy atom. The molecule has 1 atom stereocenters. The molecule has 3 aromatic carbocycles. The Balaban J connectivity index is 1.40. The molecule has 0 radical (unpaired) electrons. The molecule has 1 aliphatic heterocycles. The highest BCUT2D eigenvalue weighted by molar-refractivity contribution is 5.81. The molecule has 0 spiro atoms. The van der Waals surface area contributed by atoms with E-state index in [0.717, 1.165) is 30.5 Å². The largest absolute Gasteiger partial charge is 0.438 e. The van der Waals surface area contributed by atoms with Gasteiger partial charge in [0.1, 0.15) is 17.4 Å². The molecule has 0 N–H and O–H groups in total. The zero-order valence-electron chi connectivity index (χ0n) is 17.0. The number of hydrogen-bond acceptors (Lipinski definition) is 3. The van der Waals surface area contributed by atoms with E-state index in [0.29, 0.717) is 34.7 Å². The second kappa shape index (κ2) is 8.15. The number of amides is 1. The number of rotatable bonds is 4. The lowest BCUT2D eigenvalue weighted by molar-refractivity contribution is -0.131. The van der Waals surface area contributed by atoms with Gasteiger partial charge >= 0.3 is 0 Å². The van der Waals surface area contributed by atoms with Gasteiger partial charge in [0.15, 0.2) is 17.2 Å². The maximum absolute atomic E-state index is 13.6. The summed E-state index contributed by atoms with van der Waals surface area (Å²) >= 11 is 0. The minimum Gasteiger partial charge on any atom is -0.438 e. The van der Waals surface area contributed by atoms with Crippen molar-refractivity contribution in [1.82, 2.24) is 9.88 Å². The van der Waals surface area contributed by atoms with E-state index < -0.39 is 11.6 Å². The molecular weight excluding hydrogens is 417 g/mol. The number of oxazole rings is 1. The van der Waals surface area contributed by atoms with E-state index in [4.69, 9.17) is 4.42 Å². The second-order valence-corrected chi connectivity index (χ2v) is 7.91. The van der Waals surface area contributed by atoms with Crippen LogP contribution in [0.1, 0.15) is 30.3 Å². The number of hydrogen-bond donors (Lipinski definition) is 0. The van der Waals surface area contributed by atoms with Gasteiger partial charge in [0.2, 0.25) is 11.8 Å². The Bertz CT molecular complexity index is 1300. The average Bonchev–Trinajstić information content (AvgIpc) is 3.43. The fraction of sp³-hybridized carbons (Fsp3) is 0.200. The van der Waals surface area contributed by atoms with Crippen molar-refractivity contribution in [3.8, 4) is 11.1 Å². The number of fused-ring (bicyclic) bond motifs is 1. The Morgan fingerprint density at radius 3 is 2.50 bits per heavy atom. The third-order valence-electron chi connectivity index (χ3n) is 5.78. The van der Waals surface area contributed by atoms with Gasteiger partial charge in [-0.05, 0) is 65.9 Å². The number of likely N-dealkylation sites (tertiary alicyclic amines) is 1. The first kappa shape index (κ1) is 20.3. The number of aromatic nitrogens is 1. The van der Waals surface area contributed by atoms with E-state index in [1.54, 1.807) is 35.2 Å². The molecule has 0 aliphatic carbocycles. The van der Waals surface area contributed by atoms with Gasteiger partial charge in [0.25, 0.3) is 0 Å². The van der Waals surface area contributed by atoms with E-state index >= 15 is 0 Å². The van der Waals surface area contributed by atoms with Crippen molar-refractivity contribution < 1.29 is 22.4 Å². The first-order chi connectivity index (χ1) is 15.5. The maximum atomic E-state index is 13.6. The molecule has 1 unspecified atom stereocenters. The molecule has 1 fully saturated rings. The Hall–Kier alpha value is -3.61. The molecule has 1 aliphatic rings. The second-order valence-electron chi connectivity index (χ2n) is 7.91. The number of carbonyl (C=O) groups excluding carboxylic acids is 1. The highest BCUT2D eigenvalue weighted by Gasteiger charge is 2.33. The van der Waals surface area contributed by atoms with Gasteiger partial charge in [0.05, 0.1) is 6.42 Å². The van der Waals surface area contributed by atoms with Crippen molar-refractivity contribution in [2.24, 2.45) is 0 Å². The fourth-order valence-electron chi connectivity index (χ4n) is 4.14. The van der Waals surface area contributed by atoms with Crippen LogP contribution in [0.5, 0.6) is 0 Å². The zero-order valence-corrected chi connectivity index (χ0v) is 17.0. The highest BCUT2D eigenvalue weighted by atomic mass is 19.2. The molecule has 7 heteroatoms. The minimum atomic E-state index is -0.912. The molecule has 4 aromatic rings. The number of halogens is 3. The molecule has 1 amide bonds. The third-order valence-corrected chi connectivity index (χ3v) is 5.78. The standard InChI is InChI=1S/C25H19F3N2O2/c26-18-7-3-15(4-8-18)12-24(31)30-11-1-2-22(30)25-29-21-14-17(6-10-23(21)32-25)16-5-9-19(27)20(28)13-16/h3-10,13-14,22H,1-2,11-12H2. The quantitative estimate of drug-likeness (QED) is 0.405. The van der Waals surface area contributed by atoms with E-state index in [1.165, 1.54) is 18.2 Å². The summed E-state index contributed by atoms with van der Waals surface area (Å²) in [5.41, 5.74) is 3.11. The molecular formula is C25H19F3N2O2. The van der Waals surface area contributed by atoms with Crippen LogP contribution in [0.4, 0.5) is 13.2 Å². The van der Waals surface area contributed by atoms with Crippen LogP contribution in [0.15, 0.2) is 65.1 Å². The van der Waals surface area contributed by atoms with E-state index in [1.807, 2.05) is 0 Å². The first-order valence-corrected chi connectivity index (χ1v) is 10.4. The molecule has 0 bridgehead atoms. The van der Waals surface area contributed by atoms with Gasteiger partial charge in [-0.2, -0.15) is 0 Å². The smallest absolute Gasteiger partial charge is 0.227 e. The SMILES string of the molecule is O=C(Cc1ccc(F)cc1)N1CCCC1c1nc2cc(-c3ccc(F)c(F)c3)ccc2o1. The van der Waals surface area contributed by atoms with Crippen LogP contribution in [-0.2, 0) is 11.2 Å². The number of nitrogens with zero attached hydrogens (tertiary/aromatic N) is 2.